The summed E-state index contributed by atoms with van der Waals surface area (Å²) < 4.78 is 5.31. The number of terminal acetylenes is 1. The second kappa shape index (κ2) is 5.11. The third-order valence-corrected chi connectivity index (χ3v) is 3.21. The van der Waals surface area contributed by atoms with Crippen molar-refractivity contribution < 1.29 is 4.74 Å². The summed E-state index contributed by atoms with van der Waals surface area (Å²) >= 11 is 0. The molecule has 0 spiro atoms. The molecule has 1 saturated heterocycles. The molecule has 1 aromatic carbocycles. The first-order chi connectivity index (χ1) is 8.24. The molecule has 1 aliphatic heterocycles. The van der Waals surface area contributed by atoms with Crippen LogP contribution in [0.15, 0.2) is 18.2 Å². The number of likely N-dealkylation sites (N-methyl/N-ethyl adjacent to an activating group) is 1. The zero-order valence-electron chi connectivity index (χ0n) is 10.4. The van der Waals surface area contributed by atoms with Crippen LogP contribution in [0.3, 0.4) is 0 Å². The Morgan fingerprint density at radius 2 is 1.94 bits per heavy atom. The molecular formula is C14H18N2O. The van der Waals surface area contributed by atoms with Gasteiger partial charge in [-0.05, 0) is 19.2 Å². The van der Waals surface area contributed by atoms with Crippen LogP contribution in [-0.4, -0.2) is 45.2 Å². The Hall–Kier alpha value is -1.66. The van der Waals surface area contributed by atoms with Crippen molar-refractivity contribution >= 4 is 5.69 Å². The van der Waals surface area contributed by atoms with E-state index in [0.29, 0.717) is 0 Å². The van der Waals surface area contributed by atoms with E-state index >= 15 is 0 Å². The van der Waals surface area contributed by atoms with E-state index in [-0.39, 0.29) is 0 Å². The summed E-state index contributed by atoms with van der Waals surface area (Å²) in [5.41, 5.74) is 2.00. The second-order valence-electron chi connectivity index (χ2n) is 4.32. The fourth-order valence-corrected chi connectivity index (χ4v) is 2.06. The number of piperazine rings is 1. The van der Waals surface area contributed by atoms with Gasteiger partial charge in [0.05, 0.1) is 12.7 Å². The molecule has 0 aromatic heterocycles. The van der Waals surface area contributed by atoms with E-state index in [1.54, 1.807) is 7.11 Å². The standard InChI is InChI=1S/C14H18N2O/c1-4-12-5-6-13(11-14(12)17-3)16-9-7-15(2)8-10-16/h1,5-6,11H,7-10H2,2-3H3. The van der Waals surface area contributed by atoms with Crippen LogP contribution in [0.2, 0.25) is 0 Å². The molecule has 3 heteroatoms. The van der Waals surface area contributed by atoms with Gasteiger partial charge >= 0.3 is 0 Å². The first-order valence-corrected chi connectivity index (χ1v) is 5.82. The number of hydrogen-bond donors (Lipinski definition) is 0. The molecule has 1 aromatic rings. The highest BCUT2D eigenvalue weighted by Crippen LogP contribution is 2.25. The van der Waals surface area contributed by atoms with Crippen LogP contribution >= 0.6 is 0 Å². The molecule has 1 fully saturated rings. The molecule has 17 heavy (non-hydrogen) atoms. The zero-order valence-corrected chi connectivity index (χ0v) is 10.4. The molecule has 1 heterocycles. The molecule has 2 rings (SSSR count). The minimum absolute atomic E-state index is 0.781. The average Bonchev–Trinajstić information content (AvgIpc) is 2.39. The maximum absolute atomic E-state index is 5.42. The predicted molar refractivity (Wildman–Crippen MR) is 70.6 cm³/mol. The number of anilines is 1. The van der Waals surface area contributed by atoms with E-state index in [2.05, 4.69) is 28.8 Å². The lowest BCUT2D eigenvalue weighted by Gasteiger charge is -2.34. The van der Waals surface area contributed by atoms with Crippen LogP contribution in [0.25, 0.3) is 0 Å². The SMILES string of the molecule is C#Cc1ccc(N2CCN(C)CC2)cc1OC. The van der Waals surface area contributed by atoms with Crippen LogP contribution in [0.4, 0.5) is 5.69 Å². The first kappa shape index (κ1) is 11.8. The van der Waals surface area contributed by atoms with Gasteiger partial charge in [-0.25, -0.2) is 0 Å². The third-order valence-electron chi connectivity index (χ3n) is 3.21. The molecule has 1 aliphatic rings. The van der Waals surface area contributed by atoms with Gasteiger partial charge in [0, 0.05) is 37.9 Å². The molecule has 0 bridgehead atoms. The lowest BCUT2D eigenvalue weighted by molar-refractivity contribution is 0.312. The summed E-state index contributed by atoms with van der Waals surface area (Å²) in [6.07, 6.45) is 5.42. The van der Waals surface area contributed by atoms with Crippen molar-refractivity contribution in [1.29, 1.82) is 0 Å². The summed E-state index contributed by atoms with van der Waals surface area (Å²) in [6, 6.07) is 6.05. The van der Waals surface area contributed by atoms with Gasteiger partial charge < -0.3 is 14.5 Å². The number of methoxy groups -OCH3 is 1. The third kappa shape index (κ3) is 2.54. The highest BCUT2D eigenvalue weighted by Gasteiger charge is 2.15. The van der Waals surface area contributed by atoms with Crippen molar-refractivity contribution in [2.24, 2.45) is 0 Å². The van der Waals surface area contributed by atoms with E-state index in [4.69, 9.17) is 11.2 Å². The number of ether oxygens (including phenoxy) is 1. The Morgan fingerprint density at radius 1 is 1.24 bits per heavy atom. The summed E-state index contributed by atoms with van der Waals surface area (Å²) in [4.78, 5) is 4.70. The Morgan fingerprint density at radius 3 is 2.53 bits per heavy atom. The summed E-state index contributed by atoms with van der Waals surface area (Å²) in [5, 5.41) is 0. The molecule has 0 N–H and O–H groups in total. The quantitative estimate of drug-likeness (QED) is 0.715. The van der Waals surface area contributed by atoms with Gasteiger partial charge in [-0.1, -0.05) is 5.92 Å². The van der Waals surface area contributed by atoms with Crippen molar-refractivity contribution in [3.8, 4) is 18.1 Å². The minimum atomic E-state index is 0.781. The highest BCUT2D eigenvalue weighted by molar-refractivity contribution is 5.57. The van der Waals surface area contributed by atoms with E-state index in [1.807, 2.05) is 12.1 Å². The van der Waals surface area contributed by atoms with Gasteiger partial charge in [0.25, 0.3) is 0 Å². The highest BCUT2D eigenvalue weighted by atomic mass is 16.5. The van der Waals surface area contributed by atoms with Crippen LogP contribution in [0, 0.1) is 12.3 Å². The second-order valence-corrected chi connectivity index (χ2v) is 4.32. The lowest BCUT2D eigenvalue weighted by atomic mass is 10.1. The van der Waals surface area contributed by atoms with Gasteiger partial charge in [0.15, 0.2) is 0 Å². The Balaban J connectivity index is 2.19. The molecule has 0 aliphatic carbocycles. The molecule has 3 nitrogen and oxygen atoms in total. The van der Waals surface area contributed by atoms with Crippen molar-refractivity contribution in [3.05, 3.63) is 23.8 Å². The number of benzene rings is 1. The Labute approximate surface area is 103 Å². The smallest absolute Gasteiger partial charge is 0.136 e. The van der Waals surface area contributed by atoms with E-state index < -0.39 is 0 Å². The molecule has 0 saturated carbocycles. The van der Waals surface area contributed by atoms with E-state index in [0.717, 1.165) is 37.5 Å². The summed E-state index contributed by atoms with van der Waals surface area (Å²) in [7, 11) is 3.81. The average molecular weight is 230 g/mol. The van der Waals surface area contributed by atoms with Crippen molar-refractivity contribution in [3.63, 3.8) is 0 Å². The van der Waals surface area contributed by atoms with Crippen LogP contribution in [0.5, 0.6) is 5.75 Å². The van der Waals surface area contributed by atoms with Gasteiger partial charge in [-0.2, -0.15) is 0 Å². The van der Waals surface area contributed by atoms with Crippen molar-refractivity contribution in [2.75, 3.05) is 45.2 Å². The minimum Gasteiger partial charge on any atom is -0.495 e. The largest absolute Gasteiger partial charge is 0.495 e. The molecule has 0 unspecified atom stereocenters. The Bertz CT molecular complexity index is 428. The topological polar surface area (TPSA) is 15.7 Å². The summed E-state index contributed by atoms with van der Waals surface area (Å²) in [6.45, 7) is 4.29. The number of nitrogens with zero attached hydrogens (tertiary/aromatic N) is 2. The van der Waals surface area contributed by atoms with Crippen LogP contribution in [-0.2, 0) is 0 Å². The Kier molecular flexibility index (Phi) is 3.55. The number of rotatable bonds is 2. The predicted octanol–water partition coefficient (Wildman–Crippen LogP) is 1.43. The fraction of sp³-hybridized carbons (Fsp3) is 0.429. The molecular weight excluding hydrogens is 212 g/mol. The number of hydrogen-bond acceptors (Lipinski definition) is 3. The molecule has 90 valence electrons. The van der Waals surface area contributed by atoms with Gasteiger partial charge in [0.1, 0.15) is 5.75 Å². The molecule has 0 atom stereocenters. The van der Waals surface area contributed by atoms with Gasteiger partial charge in [-0.15, -0.1) is 6.42 Å². The van der Waals surface area contributed by atoms with Gasteiger partial charge in [-0.3, -0.25) is 0 Å². The first-order valence-electron chi connectivity index (χ1n) is 5.82. The maximum Gasteiger partial charge on any atom is 0.136 e. The van der Waals surface area contributed by atoms with Crippen LogP contribution in [0.1, 0.15) is 5.56 Å². The molecule has 0 radical (unpaired) electrons. The maximum atomic E-state index is 5.42. The normalized spacial score (nSPS) is 16.6. The van der Waals surface area contributed by atoms with Crippen LogP contribution < -0.4 is 9.64 Å². The zero-order chi connectivity index (χ0) is 12.3. The summed E-state index contributed by atoms with van der Waals surface area (Å²) in [5.74, 6) is 3.41. The monoisotopic (exact) mass is 230 g/mol. The van der Waals surface area contributed by atoms with E-state index in [9.17, 15) is 0 Å². The lowest BCUT2D eigenvalue weighted by Crippen LogP contribution is -2.44. The fourth-order valence-electron chi connectivity index (χ4n) is 2.06. The van der Waals surface area contributed by atoms with Gasteiger partial charge in [0.2, 0.25) is 0 Å². The van der Waals surface area contributed by atoms with E-state index in [1.165, 1.54) is 5.69 Å². The van der Waals surface area contributed by atoms with Crippen molar-refractivity contribution in [2.45, 2.75) is 0 Å². The molecule has 0 amide bonds. The van der Waals surface area contributed by atoms with Crippen molar-refractivity contribution in [1.82, 2.24) is 4.90 Å².